The number of hydrogen-bond acceptors (Lipinski definition) is 3. The van der Waals surface area contributed by atoms with E-state index in [1.54, 1.807) is 0 Å². The maximum Gasteiger partial charge on any atom is 0.227 e. The third-order valence-electron chi connectivity index (χ3n) is 6.14. The zero-order valence-corrected chi connectivity index (χ0v) is 18.5. The van der Waals surface area contributed by atoms with Crippen LogP contribution in [0.15, 0.2) is 72.8 Å². The fourth-order valence-electron chi connectivity index (χ4n) is 4.63. The van der Waals surface area contributed by atoms with E-state index in [0.29, 0.717) is 26.1 Å². The predicted molar refractivity (Wildman–Crippen MR) is 127 cm³/mol. The summed E-state index contributed by atoms with van der Waals surface area (Å²) in [7, 11) is 0. The van der Waals surface area contributed by atoms with Gasteiger partial charge in [0.1, 0.15) is 18.2 Å². The van der Waals surface area contributed by atoms with Crippen LogP contribution in [-0.2, 0) is 11.3 Å². The average Bonchev–Trinajstić information content (AvgIpc) is 3.35. The Balaban J connectivity index is 1.42. The quantitative estimate of drug-likeness (QED) is 0.424. The van der Waals surface area contributed by atoms with Gasteiger partial charge in [0.05, 0.1) is 17.6 Å². The predicted octanol–water partition coefficient (Wildman–Crippen LogP) is 5.25. The van der Waals surface area contributed by atoms with Gasteiger partial charge in [-0.2, -0.15) is 0 Å². The Morgan fingerprint density at radius 3 is 2.59 bits per heavy atom. The molecule has 5 heteroatoms. The van der Waals surface area contributed by atoms with Crippen molar-refractivity contribution in [1.82, 2.24) is 9.55 Å². The molecule has 0 aliphatic carbocycles. The summed E-state index contributed by atoms with van der Waals surface area (Å²) in [5.74, 6) is 2.02. The number of aromatic nitrogens is 2. The first kappa shape index (κ1) is 20.3. The number of benzene rings is 3. The highest BCUT2D eigenvalue weighted by Crippen LogP contribution is 2.34. The lowest BCUT2D eigenvalue weighted by Gasteiger charge is -2.20. The Hall–Kier alpha value is -3.60. The van der Waals surface area contributed by atoms with Crippen LogP contribution in [0.3, 0.4) is 0 Å². The second-order valence-electron chi connectivity index (χ2n) is 8.47. The van der Waals surface area contributed by atoms with Crippen molar-refractivity contribution >= 4 is 22.6 Å². The number of ether oxygens (including phenoxy) is 1. The highest BCUT2D eigenvalue weighted by atomic mass is 16.5. The lowest BCUT2D eigenvalue weighted by Crippen LogP contribution is -2.25. The molecule has 1 aromatic heterocycles. The topological polar surface area (TPSA) is 47.4 Å². The summed E-state index contributed by atoms with van der Waals surface area (Å²) >= 11 is 0. The standard InChI is InChI=1S/C27H27N3O2/c1-19-12-13-24(20(2)16-19)30-18-21(17-26(30)31)27-28-23-10-6-7-11-25(23)29(27)14-15-32-22-8-4-3-5-9-22/h3-13,16,21H,14-15,17-18H2,1-2H3/t21-/m1/s1. The fraction of sp³-hybridized carbons (Fsp3) is 0.259. The summed E-state index contributed by atoms with van der Waals surface area (Å²) in [4.78, 5) is 19.9. The average molecular weight is 426 g/mol. The molecule has 0 spiro atoms. The minimum absolute atomic E-state index is 0.0485. The first-order valence-electron chi connectivity index (χ1n) is 11.1. The maximum absolute atomic E-state index is 13.0. The van der Waals surface area contributed by atoms with Crippen molar-refractivity contribution < 1.29 is 9.53 Å². The van der Waals surface area contributed by atoms with Gasteiger partial charge in [0.25, 0.3) is 0 Å². The molecule has 0 unspecified atom stereocenters. The van der Waals surface area contributed by atoms with Gasteiger partial charge in [-0.15, -0.1) is 0 Å². The molecule has 162 valence electrons. The molecule has 1 aliphatic rings. The Labute approximate surface area is 188 Å². The number of hydrogen-bond donors (Lipinski definition) is 0. The monoisotopic (exact) mass is 425 g/mol. The molecule has 5 rings (SSSR count). The molecule has 32 heavy (non-hydrogen) atoms. The molecular weight excluding hydrogens is 398 g/mol. The molecule has 0 radical (unpaired) electrons. The van der Waals surface area contributed by atoms with Crippen LogP contribution in [-0.4, -0.2) is 28.6 Å². The van der Waals surface area contributed by atoms with E-state index in [9.17, 15) is 4.79 Å². The van der Waals surface area contributed by atoms with E-state index in [0.717, 1.165) is 33.9 Å². The summed E-state index contributed by atoms with van der Waals surface area (Å²) in [5.41, 5.74) is 5.37. The number of fused-ring (bicyclic) bond motifs is 1. The van der Waals surface area contributed by atoms with Crippen LogP contribution in [0.1, 0.15) is 29.3 Å². The van der Waals surface area contributed by atoms with Crippen molar-refractivity contribution in [2.24, 2.45) is 0 Å². The molecule has 0 bridgehead atoms. The molecule has 1 fully saturated rings. The van der Waals surface area contributed by atoms with Crippen LogP contribution in [0, 0.1) is 13.8 Å². The van der Waals surface area contributed by atoms with Crippen LogP contribution < -0.4 is 9.64 Å². The number of amides is 1. The Bertz CT molecular complexity index is 1260. The van der Waals surface area contributed by atoms with Crippen LogP contribution in [0.5, 0.6) is 5.75 Å². The SMILES string of the molecule is Cc1ccc(N2C[C@H](c3nc4ccccc4n3CCOc3ccccc3)CC2=O)c(C)c1. The lowest BCUT2D eigenvalue weighted by molar-refractivity contribution is -0.117. The molecule has 4 aromatic rings. The van der Waals surface area contributed by atoms with E-state index in [2.05, 4.69) is 42.7 Å². The van der Waals surface area contributed by atoms with Gasteiger partial charge >= 0.3 is 0 Å². The molecule has 2 heterocycles. The van der Waals surface area contributed by atoms with Gasteiger partial charge in [-0.05, 0) is 49.7 Å². The molecule has 3 aromatic carbocycles. The largest absolute Gasteiger partial charge is 0.492 e. The lowest BCUT2D eigenvalue weighted by atomic mass is 10.1. The number of aryl methyl sites for hydroxylation is 2. The normalized spacial score (nSPS) is 16.1. The van der Waals surface area contributed by atoms with E-state index in [1.807, 2.05) is 53.4 Å². The number of rotatable bonds is 6. The number of imidazole rings is 1. The van der Waals surface area contributed by atoms with Crippen molar-refractivity contribution in [2.75, 3.05) is 18.1 Å². The highest BCUT2D eigenvalue weighted by molar-refractivity contribution is 5.97. The molecular formula is C27H27N3O2. The van der Waals surface area contributed by atoms with Crippen molar-refractivity contribution in [3.63, 3.8) is 0 Å². The number of carbonyl (C=O) groups excluding carboxylic acids is 1. The minimum atomic E-state index is 0.0485. The third-order valence-corrected chi connectivity index (χ3v) is 6.14. The molecule has 1 saturated heterocycles. The zero-order valence-electron chi connectivity index (χ0n) is 18.5. The van der Waals surface area contributed by atoms with E-state index in [4.69, 9.17) is 9.72 Å². The van der Waals surface area contributed by atoms with Crippen molar-refractivity contribution in [3.05, 3.63) is 89.7 Å². The summed E-state index contributed by atoms with van der Waals surface area (Å²) in [6, 6.07) is 24.3. The van der Waals surface area contributed by atoms with Gasteiger partial charge in [-0.25, -0.2) is 4.98 Å². The van der Waals surface area contributed by atoms with E-state index in [1.165, 1.54) is 5.56 Å². The molecule has 1 aliphatic heterocycles. The first-order chi connectivity index (χ1) is 15.6. The zero-order chi connectivity index (χ0) is 22.1. The summed E-state index contributed by atoms with van der Waals surface area (Å²) in [6.45, 7) is 6.01. The Kier molecular flexibility index (Phi) is 5.39. The number of para-hydroxylation sites is 3. The van der Waals surface area contributed by atoms with Crippen LogP contribution in [0.2, 0.25) is 0 Å². The summed E-state index contributed by atoms with van der Waals surface area (Å²) in [5, 5.41) is 0. The first-order valence-corrected chi connectivity index (χ1v) is 11.1. The maximum atomic E-state index is 13.0. The van der Waals surface area contributed by atoms with Crippen LogP contribution in [0.4, 0.5) is 5.69 Å². The third kappa shape index (κ3) is 3.86. The van der Waals surface area contributed by atoms with E-state index >= 15 is 0 Å². The van der Waals surface area contributed by atoms with Gasteiger partial charge in [0.15, 0.2) is 0 Å². The van der Waals surface area contributed by atoms with Gasteiger partial charge in [0, 0.05) is 24.6 Å². The van der Waals surface area contributed by atoms with Gasteiger partial charge in [0.2, 0.25) is 5.91 Å². The molecule has 1 atom stereocenters. The van der Waals surface area contributed by atoms with Crippen LogP contribution in [0.25, 0.3) is 11.0 Å². The van der Waals surface area contributed by atoms with E-state index in [-0.39, 0.29) is 11.8 Å². The molecule has 0 saturated carbocycles. The summed E-state index contributed by atoms with van der Waals surface area (Å²) < 4.78 is 8.18. The number of nitrogens with zero attached hydrogens (tertiary/aromatic N) is 3. The summed E-state index contributed by atoms with van der Waals surface area (Å²) in [6.07, 6.45) is 0.468. The Morgan fingerprint density at radius 2 is 1.78 bits per heavy atom. The minimum Gasteiger partial charge on any atom is -0.492 e. The number of carbonyl (C=O) groups is 1. The highest BCUT2D eigenvalue weighted by Gasteiger charge is 2.35. The second-order valence-corrected chi connectivity index (χ2v) is 8.47. The number of anilines is 1. The van der Waals surface area contributed by atoms with Gasteiger partial charge in [-0.1, -0.05) is 48.0 Å². The van der Waals surface area contributed by atoms with Crippen LogP contribution >= 0.6 is 0 Å². The molecule has 5 nitrogen and oxygen atoms in total. The fourth-order valence-corrected chi connectivity index (χ4v) is 4.63. The molecule has 1 amide bonds. The van der Waals surface area contributed by atoms with Crippen molar-refractivity contribution in [1.29, 1.82) is 0 Å². The second kappa shape index (κ2) is 8.50. The van der Waals surface area contributed by atoms with Crippen molar-refractivity contribution in [3.8, 4) is 5.75 Å². The van der Waals surface area contributed by atoms with Crippen molar-refractivity contribution in [2.45, 2.75) is 32.7 Å². The Morgan fingerprint density at radius 1 is 1.00 bits per heavy atom. The smallest absolute Gasteiger partial charge is 0.227 e. The molecule has 0 N–H and O–H groups in total. The van der Waals surface area contributed by atoms with E-state index < -0.39 is 0 Å². The van der Waals surface area contributed by atoms with Gasteiger partial charge < -0.3 is 14.2 Å². The van der Waals surface area contributed by atoms with Gasteiger partial charge in [-0.3, -0.25) is 4.79 Å².